The van der Waals surface area contributed by atoms with Gasteiger partial charge in [-0.25, -0.2) is 0 Å². The Kier molecular flexibility index (Phi) is 5.83. The number of alkyl halides is 3. The molecule has 20 heavy (non-hydrogen) atoms. The monoisotopic (exact) mass is 290 g/mol. The summed E-state index contributed by atoms with van der Waals surface area (Å²) >= 11 is 0. The zero-order valence-corrected chi connectivity index (χ0v) is 11.7. The highest BCUT2D eigenvalue weighted by atomic mass is 19.4. The van der Waals surface area contributed by atoms with Crippen molar-refractivity contribution in [3.8, 4) is 0 Å². The topological polar surface area (TPSA) is 49.5 Å². The zero-order valence-electron chi connectivity index (χ0n) is 11.7. The number of hydrogen-bond donors (Lipinski definition) is 2. The summed E-state index contributed by atoms with van der Waals surface area (Å²) in [5.74, 6) is 0. The summed E-state index contributed by atoms with van der Waals surface area (Å²) in [5, 5.41) is 8.86. The fraction of sp³-hybridized carbons (Fsp3) is 0.571. The van der Waals surface area contributed by atoms with Crippen LogP contribution in [0, 0.1) is 0 Å². The normalized spacial score (nSPS) is 12.4. The number of rotatable bonds is 6. The summed E-state index contributed by atoms with van der Waals surface area (Å²) in [7, 11) is 0. The minimum Gasteiger partial charge on any atom is -0.399 e. The van der Waals surface area contributed by atoms with Gasteiger partial charge in [-0.05, 0) is 38.0 Å². The molecular formula is C14H21F3N2O. The molecule has 0 amide bonds. The molecule has 0 radical (unpaired) electrons. The van der Waals surface area contributed by atoms with Crippen LogP contribution in [-0.2, 0) is 12.7 Å². The molecule has 0 spiro atoms. The summed E-state index contributed by atoms with van der Waals surface area (Å²) in [6.07, 6.45) is -3.88. The molecule has 0 saturated carbocycles. The molecule has 0 aliphatic rings. The van der Waals surface area contributed by atoms with Crippen LogP contribution in [0.4, 0.5) is 18.9 Å². The Hall–Kier alpha value is -1.27. The fourth-order valence-electron chi connectivity index (χ4n) is 2.01. The lowest BCUT2D eigenvalue weighted by molar-refractivity contribution is -0.138. The number of hydrogen-bond acceptors (Lipinski definition) is 3. The van der Waals surface area contributed by atoms with Crippen LogP contribution in [-0.4, -0.2) is 29.2 Å². The van der Waals surface area contributed by atoms with Gasteiger partial charge in [0.15, 0.2) is 0 Å². The van der Waals surface area contributed by atoms with E-state index in [9.17, 15) is 13.2 Å². The van der Waals surface area contributed by atoms with Crippen molar-refractivity contribution in [2.75, 3.05) is 18.9 Å². The van der Waals surface area contributed by atoms with E-state index in [-0.39, 0.29) is 30.4 Å². The van der Waals surface area contributed by atoms with Crippen LogP contribution >= 0.6 is 0 Å². The largest absolute Gasteiger partial charge is 0.416 e. The maximum atomic E-state index is 13.0. The molecule has 1 aromatic rings. The van der Waals surface area contributed by atoms with E-state index in [2.05, 4.69) is 0 Å². The minimum atomic E-state index is -4.41. The molecular weight excluding hydrogens is 269 g/mol. The zero-order chi connectivity index (χ0) is 15.3. The van der Waals surface area contributed by atoms with Gasteiger partial charge in [0.1, 0.15) is 0 Å². The highest BCUT2D eigenvalue weighted by molar-refractivity contribution is 5.46. The smallest absolute Gasteiger partial charge is 0.399 e. The van der Waals surface area contributed by atoms with Crippen molar-refractivity contribution in [2.45, 2.75) is 39.0 Å². The molecule has 3 N–H and O–H groups in total. The molecule has 0 fully saturated rings. The van der Waals surface area contributed by atoms with Crippen molar-refractivity contribution in [1.29, 1.82) is 0 Å². The average molecular weight is 290 g/mol. The third kappa shape index (κ3) is 4.68. The maximum Gasteiger partial charge on any atom is 0.416 e. The first-order valence-corrected chi connectivity index (χ1v) is 6.56. The minimum absolute atomic E-state index is 0.0249. The number of anilines is 1. The molecule has 1 aromatic carbocycles. The van der Waals surface area contributed by atoms with Gasteiger partial charge < -0.3 is 10.8 Å². The van der Waals surface area contributed by atoms with Gasteiger partial charge in [-0.2, -0.15) is 13.2 Å². The Morgan fingerprint density at radius 1 is 1.30 bits per heavy atom. The van der Waals surface area contributed by atoms with E-state index in [0.29, 0.717) is 13.0 Å². The van der Waals surface area contributed by atoms with Crippen LogP contribution in [0.15, 0.2) is 18.2 Å². The van der Waals surface area contributed by atoms with Crippen molar-refractivity contribution < 1.29 is 18.3 Å². The van der Waals surface area contributed by atoms with Gasteiger partial charge in [-0.1, -0.05) is 6.07 Å². The van der Waals surface area contributed by atoms with Crippen molar-refractivity contribution in [2.24, 2.45) is 0 Å². The second-order valence-corrected chi connectivity index (χ2v) is 5.06. The molecule has 114 valence electrons. The summed E-state index contributed by atoms with van der Waals surface area (Å²) in [6, 6.07) is 3.97. The van der Waals surface area contributed by atoms with Gasteiger partial charge >= 0.3 is 6.18 Å². The van der Waals surface area contributed by atoms with Crippen molar-refractivity contribution in [3.63, 3.8) is 0 Å². The second kappa shape index (κ2) is 6.95. The summed E-state index contributed by atoms with van der Waals surface area (Å²) < 4.78 is 39.1. The predicted octanol–water partition coefficient (Wildman–Crippen LogP) is 2.88. The number of aliphatic hydroxyl groups excluding tert-OH is 1. The average Bonchev–Trinajstić information content (AvgIpc) is 2.34. The Bertz CT molecular complexity index is 433. The lowest BCUT2D eigenvalue weighted by atomic mass is 10.0. The van der Waals surface area contributed by atoms with Gasteiger partial charge in [-0.3, -0.25) is 4.90 Å². The molecule has 0 saturated heterocycles. The molecule has 0 unspecified atom stereocenters. The van der Waals surface area contributed by atoms with E-state index in [4.69, 9.17) is 10.8 Å². The van der Waals surface area contributed by atoms with Crippen molar-refractivity contribution >= 4 is 5.69 Å². The molecule has 6 heteroatoms. The van der Waals surface area contributed by atoms with Gasteiger partial charge in [0.2, 0.25) is 0 Å². The lowest BCUT2D eigenvalue weighted by Crippen LogP contribution is -2.32. The number of nitrogen functional groups attached to an aromatic ring is 1. The van der Waals surface area contributed by atoms with Crippen LogP contribution < -0.4 is 5.73 Å². The molecule has 0 heterocycles. The number of aliphatic hydroxyl groups is 1. The van der Waals surface area contributed by atoms with Crippen LogP contribution in [0.25, 0.3) is 0 Å². The molecule has 3 nitrogen and oxygen atoms in total. The lowest BCUT2D eigenvalue weighted by Gasteiger charge is -2.27. The highest BCUT2D eigenvalue weighted by Gasteiger charge is 2.33. The van der Waals surface area contributed by atoms with E-state index in [1.165, 1.54) is 12.1 Å². The SMILES string of the molecule is CC(C)N(CCCO)Cc1ccc(N)cc1C(F)(F)F. The number of halogens is 3. The molecule has 1 rings (SSSR count). The molecule has 0 aliphatic heterocycles. The van der Waals surface area contributed by atoms with Crippen LogP contribution in [0.2, 0.25) is 0 Å². The standard InChI is InChI=1S/C14H21F3N2O/c1-10(2)19(6-3-7-20)9-11-4-5-12(18)8-13(11)14(15,16)17/h4-5,8,10,20H,3,6-7,9,18H2,1-2H3. The first kappa shape index (κ1) is 16.8. The van der Waals surface area contributed by atoms with Crippen LogP contribution in [0.3, 0.4) is 0 Å². The van der Waals surface area contributed by atoms with Gasteiger partial charge in [-0.15, -0.1) is 0 Å². The Morgan fingerprint density at radius 3 is 2.45 bits per heavy atom. The van der Waals surface area contributed by atoms with Gasteiger partial charge in [0, 0.05) is 31.4 Å². The van der Waals surface area contributed by atoms with Crippen LogP contribution in [0.1, 0.15) is 31.4 Å². The van der Waals surface area contributed by atoms with Crippen LogP contribution in [0.5, 0.6) is 0 Å². The Labute approximate surface area is 117 Å². The number of nitrogens with zero attached hydrogens (tertiary/aromatic N) is 1. The van der Waals surface area contributed by atoms with E-state index < -0.39 is 11.7 Å². The number of benzene rings is 1. The maximum absolute atomic E-state index is 13.0. The predicted molar refractivity (Wildman–Crippen MR) is 73.1 cm³/mol. The Balaban J connectivity index is 3.00. The molecule has 0 aliphatic carbocycles. The van der Waals surface area contributed by atoms with Crippen molar-refractivity contribution in [3.05, 3.63) is 29.3 Å². The number of nitrogens with two attached hydrogens (primary N) is 1. The first-order valence-electron chi connectivity index (χ1n) is 6.56. The van der Waals surface area contributed by atoms with Gasteiger partial charge in [0.25, 0.3) is 0 Å². The van der Waals surface area contributed by atoms with Gasteiger partial charge in [0.05, 0.1) is 5.56 Å². The van der Waals surface area contributed by atoms with E-state index in [1.807, 2.05) is 18.7 Å². The second-order valence-electron chi connectivity index (χ2n) is 5.06. The third-order valence-electron chi connectivity index (χ3n) is 3.15. The fourth-order valence-corrected chi connectivity index (χ4v) is 2.01. The molecule has 0 aromatic heterocycles. The summed E-state index contributed by atoms with van der Waals surface area (Å²) in [6.45, 7) is 4.60. The summed E-state index contributed by atoms with van der Waals surface area (Å²) in [5.41, 5.74) is 5.07. The quantitative estimate of drug-likeness (QED) is 0.792. The third-order valence-corrected chi connectivity index (χ3v) is 3.15. The molecule has 0 bridgehead atoms. The first-order chi connectivity index (χ1) is 9.25. The summed E-state index contributed by atoms with van der Waals surface area (Å²) in [4.78, 5) is 1.90. The van der Waals surface area contributed by atoms with E-state index >= 15 is 0 Å². The highest BCUT2D eigenvalue weighted by Crippen LogP contribution is 2.34. The van der Waals surface area contributed by atoms with E-state index in [0.717, 1.165) is 6.07 Å². The van der Waals surface area contributed by atoms with Crippen molar-refractivity contribution in [1.82, 2.24) is 4.90 Å². The molecule has 0 atom stereocenters. The van der Waals surface area contributed by atoms with E-state index in [1.54, 1.807) is 0 Å². The Morgan fingerprint density at radius 2 is 1.95 bits per heavy atom.